The Bertz CT molecular complexity index is 258. The maximum Gasteiger partial charge on any atom is 0.410 e. The molecule has 1 aliphatic heterocycles. The summed E-state index contributed by atoms with van der Waals surface area (Å²) >= 11 is 0. The van der Waals surface area contributed by atoms with E-state index >= 15 is 0 Å². The number of rotatable bonds is 2. The minimum atomic E-state index is -0.273. The normalized spacial score (nSPS) is 17.4. The fourth-order valence-electron chi connectivity index (χ4n) is 1.80. The lowest BCUT2D eigenvalue weighted by molar-refractivity contribution is -0.125. The zero-order chi connectivity index (χ0) is 12.1. The Balaban J connectivity index is 2.37. The molecule has 0 radical (unpaired) electrons. The standard InChI is InChI=1S/C11H20N2O3/c1-8(2)16-11(15)13-6-4-9(5-7-13)10(14)12-3/h8-9H,4-7H2,1-3H3,(H,12,14). The van der Waals surface area contributed by atoms with E-state index in [9.17, 15) is 9.59 Å². The number of nitrogens with one attached hydrogen (secondary N) is 1. The first-order chi connectivity index (χ1) is 7.54. The summed E-state index contributed by atoms with van der Waals surface area (Å²) in [5.41, 5.74) is 0. The van der Waals surface area contributed by atoms with Gasteiger partial charge < -0.3 is 15.0 Å². The molecule has 1 N–H and O–H groups in total. The Hall–Kier alpha value is -1.26. The zero-order valence-electron chi connectivity index (χ0n) is 10.2. The van der Waals surface area contributed by atoms with Crippen LogP contribution in [0, 0.1) is 5.92 Å². The van der Waals surface area contributed by atoms with Gasteiger partial charge in [0.15, 0.2) is 0 Å². The van der Waals surface area contributed by atoms with Gasteiger partial charge in [-0.25, -0.2) is 4.79 Å². The SMILES string of the molecule is CNC(=O)C1CCN(C(=O)OC(C)C)CC1. The average molecular weight is 228 g/mol. The highest BCUT2D eigenvalue weighted by atomic mass is 16.6. The lowest BCUT2D eigenvalue weighted by Gasteiger charge is -2.30. The number of carbonyl (C=O) groups excluding carboxylic acids is 2. The minimum Gasteiger partial charge on any atom is -0.447 e. The highest BCUT2D eigenvalue weighted by molar-refractivity contribution is 5.78. The van der Waals surface area contributed by atoms with E-state index in [1.165, 1.54) is 0 Å². The summed E-state index contributed by atoms with van der Waals surface area (Å²) in [5, 5.41) is 2.64. The second-order valence-electron chi connectivity index (χ2n) is 4.31. The molecule has 2 amide bonds. The van der Waals surface area contributed by atoms with Crippen molar-refractivity contribution in [1.82, 2.24) is 10.2 Å². The molecular weight excluding hydrogens is 208 g/mol. The summed E-state index contributed by atoms with van der Waals surface area (Å²) in [6.07, 6.45) is 1.06. The fourth-order valence-corrected chi connectivity index (χ4v) is 1.80. The van der Waals surface area contributed by atoms with E-state index in [4.69, 9.17) is 4.74 Å². The average Bonchev–Trinajstić information content (AvgIpc) is 2.27. The monoisotopic (exact) mass is 228 g/mol. The van der Waals surface area contributed by atoms with Crippen LogP contribution < -0.4 is 5.32 Å². The van der Waals surface area contributed by atoms with E-state index in [-0.39, 0.29) is 24.0 Å². The molecule has 16 heavy (non-hydrogen) atoms. The largest absolute Gasteiger partial charge is 0.447 e. The number of hydrogen-bond acceptors (Lipinski definition) is 3. The lowest BCUT2D eigenvalue weighted by atomic mass is 9.96. The summed E-state index contributed by atoms with van der Waals surface area (Å²) in [6, 6.07) is 0. The molecule has 0 aromatic carbocycles. The molecule has 5 heteroatoms. The second-order valence-corrected chi connectivity index (χ2v) is 4.31. The summed E-state index contributed by atoms with van der Waals surface area (Å²) in [6.45, 7) is 4.86. The van der Waals surface area contributed by atoms with E-state index in [1.54, 1.807) is 11.9 Å². The van der Waals surface area contributed by atoms with E-state index < -0.39 is 0 Å². The Morgan fingerprint density at radius 3 is 2.31 bits per heavy atom. The van der Waals surface area contributed by atoms with Crippen LogP contribution in [0.2, 0.25) is 0 Å². The second kappa shape index (κ2) is 5.72. The number of likely N-dealkylation sites (tertiary alicyclic amines) is 1. The molecule has 1 heterocycles. The van der Waals surface area contributed by atoms with E-state index in [2.05, 4.69) is 5.32 Å². The highest BCUT2D eigenvalue weighted by Crippen LogP contribution is 2.18. The van der Waals surface area contributed by atoms with E-state index in [0.717, 1.165) is 0 Å². The molecular formula is C11H20N2O3. The molecule has 1 aliphatic rings. The summed E-state index contributed by atoms with van der Waals surface area (Å²) < 4.78 is 5.10. The molecule has 0 aromatic heterocycles. The van der Waals surface area contributed by atoms with Crippen LogP contribution in [0.5, 0.6) is 0 Å². The summed E-state index contributed by atoms with van der Waals surface area (Å²) in [4.78, 5) is 24.6. The van der Waals surface area contributed by atoms with Crippen molar-refractivity contribution in [2.45, 2.75) is 32.8 Å². The predicted octanol–water partition coefficient (Wildman–Crippen LogP) is 0.989. The van der Waals surface area contributed by atoms with Crippen LogP contribution >= 0.6 is 0 Å². The Labute approximate surface area is 96.1 Å². The van der Waals surface area contributed by atoms with Gasteiger partial charge in [-0.15, -0.1) is 0 Å². The third kappa shape index (κ3) is 3.40. The van der Waals surface area contributed by atoms with Crippen LogP contribution in [-0.4, -0.2) is 43.1 Å². The number of ether oxygens (including phenoxy) is 1. The van der Waals surface area contributed by atoms with Crippen molar-refractivity contribution in [1.29, 1.82) is 0 Å². The first kappa shape index (κ1) is 12.8. The van der Waals surface area contributed by atoms with Gasteiger partial charge in [0.25, 0.3) is 0 Å². The molecule has 1 rings (SSSR count). The predicted molar refractivity (Wildman–Crippen MR) is 60.0 cm³/mol. The lowest BCUT2D eigenvalue weighted by Crippen LogP contribution is -2.43. The van der Waals surface area contributed by atoms with Gasteiger partial charge in [-0.05, 0) is 26.7 Å². The number of amides is 2. The highest BCUT2D eigenvalue weighted by Gasteiger charge is 2.27. The Morgan fingerprint density at radius 1 is 1.31 bits per heavy atom. The molecule has 1 fully saturated rings. The molecule has 5 nitrogen and oxygen atoms in total. The topological polar surface area (TPSA) is 58.6 Å². The maximum atomic E-state index is 11.6. The molecule has 1 saturated heterocycles. The van der Waals surface area contributed by atoms with Crippen molar-refractivity contribution in [2.24, 2.45) is 5.92 Å². The van der Waals surface area contributed by atoms with Gasteiger partial charge in [0, 0.05) is 26.1 Å². The molecule has 92 valence electrons. The van der Waals surface area contributed by atoms with Crippen LogP contribution in [-0.2, 0) is 9.53 Å². The van der Waals surface area contributed by atoms with Crippen LogP contribution in [0.25, 0.3) is 0 Å². The van der Waals surface area contributed by atoms with Crippen LogP contribution in [0.4, 0.5) is 4.79 Å². The number of piperidine rings is 1. The number of hydrogen-bond donors (Lipinski definition) is 1. The van der Waals surface area contributed by atoms with Crippen molar-refractivity contribution in [3.05, 3.63) is 0 Å². The third-order valence-corrected chi connectivity index (χ3v) is 2.71. The molecule has 0 aliphatic carbocycles. The third-order valence-electron chi connectivity index (χ3n) is 2.71. The van der Waals surface area contributed by atoms with Crippen LogP contribution in [0.15, 0.2) is 0 Å². The maximum absolute atomic E-state index is 11.6. The van der Waals surface area contributed by atoms with Crippen LogP contribution in [0.1, 0.15) is 26.7 Å². The van der Waals surface area contributed by atoms with Gasteiger partial charge >= 0.3 is 6.09 Å². The Morgan fingerprint density at radius 2 is 1.88 bits per heavy atom. The molecule has 0 bridgehead atoms. The van der Waals surface area contributed by atoms with Gasteiger partial charge in [0.1, 0.15) is 0 Å². The van der Waals surface area contributed by atoms with Crippen molar-refractivity contribution in [2.75, 3.05) is 20.1 Å². The number of carbonyl (C=O) groups is 2. The molecule has 0 spiro atoms. The summed E-state index contributed by atoms with van der Waals surface area (Å²) in [5.74, 6) is 0.102. The Kier molecular flexibility index (Phi) is 4.58. The quantitative estimate of drug-likeness (QED) is 0.766. The van der Waals surface area contributed by atoms with Crippen molar-refractivity contribution >= 4 is 12.0 Å². The van der Waals surface area contributed by atoms with Crippen LogP contribution in [0.3, 0.4) is 0 Å². The van der Waals surface area contributed by atoms with E-state index in [0.29, 0.717) is 25.9 Å². The molecule has 0 atom stereocenters. The fraction of sp³-hybridized carbons (Fsp3) is 0.818. The van der Waals surface area contributed by atoms with Gasteiger partial charge in [-0.2, -0.15) is 0 Å². The molecule has 0 unspecified atom stereocenters. The first-order valence-electron chi connectivity index (χ1n) is 5.71. The molecule has 0 saturated carbocycles. The number of nitrogens with zero attached hydrogens (tertiary/aromatic N) is 1. The minimum absolute atomic E-state index is 0.0353. The van der Waals surface area contributed by atoms with Gasteiger partial charge in [-0.3, -0.25) is 4.79 Å². The van der Waals surface area contributed by atoms with Gasteiger partial charge in [0.2, 0.25) is 5.91 Å². The zero-order valence-corrected chi connectivity index (χ0v) is 10.2. The van der Waals surface area contributed by atoms with Crippen molar-refractivity contribution < 1.29 is 14.3 Å². The molecule has 0 aromatic rings. The van der Waals surface area contributed by atoms with Crippen molar-refractivity contribution in [3.8, 4) is 0 Å². The van der Waals surface area contributed by atoms with Gasteiger partial charge in [0.05, 0.1) is 6.10 Å². The van der Waals surface area contributed by atoms with Crippen molar-refractivity contribution in [3.63, 3.8) is 0 Å². The summed E-state index contributed by atoms with van der Waals surface area (Å²) in [7, 11) is 1.64. The first-order valence-corrected chi connectivity index (χ1v) is 5.71. The van der Waals surface area contributed by atoms with Gasteiger partial charge in [-0.1, -0.05) is 0 Å². The smallest absolute Gasteiger partial charge is 0.410 e. The van der Waals surface area contributed by atoms with E-state index in [1.807, 2.05) is 13.8 Å².